The van der Waals surface area contributed by atoms with Gasteiger partial charge in [-0.05, 0) is 42.8 Å². The third-order valence-corrected chi connectivity index (χ3v) is 6.96. The third kappa shape index (κ3) is 3.44. The Kier molecular flexibility index (Phi) is 4.31. The molecule has 0 atom stereocenters. The van der Waals surface area contributed by atoms with Crippen molar-refractivity contribution in [2.45, 2.75) is 20.3 Å². The lowest BCUT2D eigenvalue weighted by Gasteiger charge is -2.56. The zero-order valence-electron chi connectivity index (χ0n) is 18.8. The van der Waals surface area contributed by atoms with Crippen molar-refractivity contribution in [3.05, 3.63) is 47.5 Å². The molecule has 2 aromatic rings. The monoisotopic (exact) mass is 450 g/mol. The van der Waals surface area contributed by atoms with Crippen LogP contribution in [0, 0.1) is 10.8 Å². The maximum absolute atomic E-state index is 13.4. The van der Waals surface area contributed by atoms with E-state index in [0.29, 0.717) is 60.3 Å². The molecule has 8 heteroatoms. The first-order chi connectivity index (χ1) is 15.8. The van der Waals surface area contributed by atoms with Gasteiger partial charge in [0.05, 0.1) is 0 Å². The smallest absolute Gasteiger partial charge is 0.254 e. The van der Waals surface area contributed by atoms with Gasteiger partial charge >= 0.3 is 0 Å². The van der Waals surface area contributed by atoms with E-state index in [1.807, 2.05) is 9.80 Å². The van der Waals surface area contributed by atoms with Crippen LogP contribution in [-0.2, 0) is 0 Å². The van der Waals surface area contributed by atoms with Gasteiger partial charge in [-0.25, -0.2) is 0 Å². The van der Waals surface area contributed by atoms with Crippen molar-refractivity contribution in [2.75, 3.05) is 39.8 Å². The summed E-state index contributed by atoms with van der Waals surface area (Å²) >= 11 is 0. The summed E-state index contributed by atoms with van der Waals surface area (Å²) in [5.41, 5.74) is 0.811. The highest BCUT2D eigenvalue weighted by Crippen LogP contribution is 2.46. The maximum atomic E-state index is 13.4. The minimum atomic E-state index is -0.191. The van der Waals surface area contributed by atoms with Gasteiger partial charge in [-0.15, -0.1) is 0 Å². The zero-order chi connectivity index (χ0) is 22.8. The molecule has 0 unspecified atom stereocenters. The third-order valence-electron chi connectivity index (χ3n) is 6.96. The number of hydrogen-bond acceptors (Lipinski definition) is 6. The first-order valence-corrected chi connectivity index (χ1v) is 11.2. The van der Waals surface area contributed by atoms with E-state index >= 15 is 0 Å². The van der Waals surface area contributed by atoms with Gasteiger partial charge < -0.3 is 28.7 Å². The molecule has 8 nitrogen and oxygen atoms in total. The van der Waals surface area contributed by atoms with Crippen LogP contribution in [-0.4, -0.2) is 61.4 Å². The van der Waals surface area contributed by atoms with E-state index in [1.54, 1.807) is 36.4 Å². The topological polar surface area (TPSA) is 77.5 Å². The number of likely N-dealkylation sites (tertiary alicyclic amines) is 2. The fourth-order valence-corrected chi connectivity index (χ4v) is 6.02. The molecule has 0 spiro atoms. The Labute approximate surface area is 192 Å². The number of carbonyl (C=O) groups excluding carboxylic acids is 2. The highest BCUT2D eigenvalue weighted by Gasteiger charge is 2.50. The molecule has 6 rings (SSSR count). The van der Waals surface area contributed by atoms with Crippen LogP contribution >= 0.6 is 0 Å². The van der Waals surface area contributed by atoms with Gasteiger partial charge in [0.25, 0.3) is 11.8 Å². The molecule has 2 bridgehead atoms. The van der Waals surface area contributed by atoms with Crippen LogP contribution in [0.3, 0.4) is 0 Å². The van der Waals surface area contributed by atoms with Crippen LogP contribution in [0.5, 0.6) is 23.0 Å². The van der Waals surface area contributed by atoms with Crippen molar-refractivity contribution >= 4 is 11.8 Å². The van der Waals surface area contributed by atoms with Crippen LogP contribution in [0.4, 0.5) is 0 Å². The average Bonchev–Trinajstić information content (AvgIpc) is 3.44. The Balaban J connectivity index is 1.22. The minimum Gasteiger partial charge on any atom is -0.454 e. The summed E-state index contributed by atoms with van der Waals surface area (Å²) in [5, 5.41) is 0. The normalized spacial score (nSPS) is 27.0. The SMILES string of the molecule is CC12CN(C(=O)c3ccc4c(c3)OCO4)CC(C)(CN(C(=O)c3ccc4c(c3)OCO4)C1)C2. The zero-order valence-corrected chi connectivity index (χ0v) is 18.8. The highest BCUT2D eigenvalue weighted by molar-refractivity contribution is 5.96. The lowest BCUT2D eigenvalue weighted by molar-refractivity contribution is -0.0538. The second kappa shape index (κ2) is 7.04. The van der Waals surface area contributed by atoms with E-state index in [9.17, 15) is 9.59 Å². The second-order valence-corrected chi connectivity index (χ2v) is 10.3. The van der Waals surface area contributed by atoms with Crippen LogP contribution in [0.25, 0.3) is 0 Å². The summed E-state index contributed by atoms with van der Waals surface area (Å²) in [6, 6.07) is 10.7. The van der Waals surface area contributed by atoms with Gasteiger partial charge in [0.15, 0.2) is 23.0 Å². The van der Waals surface area contributed by atoms with Crippen molar-refractivity contribution in [1.82, 2.24) is 9.80 Å². The van der Waals surface area contributed by atoms with E-state index in [1.165, 1.54) is 0 Å². The molecular weight excluding hydrogens is 424 g/mol. The Morgan fingerprint density at radius 3 is 1.48 bits per heavy atom. The number of benzene rings is 2. The standard InChI is InChI=1S/C25H26N2O6/c1-24-9-25(2,12-26(10-24)22(28)16-3-5-18-20(7-16)32-14-30-18)13-27(11-24)23(29)17-4-6-19-21(8-17)33-15-31-19/h3-8H,9-15H2,1-2H3. The molecule has 0 aromatic heterocycles. The molecular formula is C25H26N2O6. The highest BCUT2D eigenvalue weighted by atomic mass is 16.7. The number of hydrogen-bond donors (Lipinski definition) is 0. The molecule has 172 valence electrons. The molecule has 0 radical (unpaired) electrons. The molecule has 4 aliphatic heterocycles. The summed E-state index contributed by atoms with van der Waals surface area (Å²) in [4.78, 5) is 30.6. The second-order valence-electron chi connectivity index (χ2n) is 10.3. The van der Waals surface area contributed by atoms with Gasteiger partial charge in [-0.1, -0.05) is 13.8 Å². The first-order valence-electron chi connectivity index (χ1n) is 11.2. The van der Waals surface area contributed by atoms with Gasteiger partial charge in [0.2, 0.25) is 13.6 Å². The van der Waals surface area contributed by atoms with Crippen LogP contribution in [0.1, 0.15) is 41.0 Å². The van der Waals surface area contributed by atoms with E-state index in [0.717, 1.165) is 6.42 Å². The number of nitrogens with zero attached hydrogens (tertiary/aromatic N) is 2. The molecule has 0 saturated carbocycles. The van der Waals surface area contributed by atoms with E-state index in [2.05, 4.69) is 13.8 Å². The van der Waals surface area contributed by atoms with E-state index in [-0.39, 0.29) is 36.2 Å². The molecule has 2 amide bonds. The van der Waals surface area contributed by atoms with Gasteiger partial charge in [0, 0.05) is 48.1 Å². The molecule has 4 aliphatic rings. The fraction of sp³-hybridized carbons (Fsp3) is 0.440. The Bertz CT molecular complexity index is 1060. The van der Waals surface area contributed by atoms with Crippen LogP contribution in [0.2, 0.25) is 0 Å². The average molecular weight is 450 g/mol. The van der Waals surface area contributed by atoms with Crippen molar-refractivity contribution in [3.8, 4) is 23.0 Å². The van der Waals surface area contributed by atoms with Gasteiger partial charge in [-0.3, -0.25) is 9.59 Å². The molecule has 33 heavy (non-hydrogen) atoms. The largest absolute Gasteiger partial charge is 0.454 e. The van der Waals surface area contributed by atoms with Crippen molar-refractivity contribution in [2.24, 2.45) is 10.8 Å². The number of fused-ring (bicyclic) bond motifs is 4. The van der Waals surface area contributed by atoms with Crippen molar-refractivity contribution in [1.29, 1.82) is 0 Å². The van der Waals surface area contributed by atoms with Crippen LogP contribution in [0.15, 0.2) is 36.4 Å². The summed E-state index contributed by atoms with van der Waals surface area (Å²) in [5.74, 6) is 2.52. The molecule has 0 aliphatic carbocycles. The number of ether oxygens (including phenoxy) is 4. The molecule has 4 heterocycles. The summed E-state index contributed by atoms with van der Waals surface area (Å²) in [6.07, 6.45) is 0.968. The number of rotatable bonds is 2. The van der Waals surface area contributed by atoms with Gasteiger partial charge in [0.1, 0.15) is 0 Å². The Morgan fingerprint density at radius 2 is 1.06 bits per heavy atom. The van der Waals surface area contributed by atoms with Crippen molar-refractivity contribution in [3.63, 3.8) is 0 Å². The minimum absolute atomic E-state index is 0.0130. The number of carbonyl (C=O) groups is 2. The molecule has 2 aromatic carbocycles. The summed E-state index contributed by atoms with van der Waals surface area (Å²) < 4.78 is 21.6. The molecule has 2 saturated heterocycles. The lowest BCUT2D eigenvalue weighted by atomic mass is 9.65. The first kappa shape index (κ1) is 20.2. The Morgan fingerprint density at radius 1 is 0.667 bits per heavy atom. The molecule has 0 N–H and O–H groups in total. The summed E-state index contributed by atoms with van der Waals surface area (Å²) in [6.45, 7) is 7.09. The lowest BCUT2D eigenvalue weighted by Crippen LogP contribution is -2.63. The van der Waals surface area contributed by atoms with Crippen molar-refractivity contribution < 1.29 is 28.5 Å². The number of piperidine rings is 2. The Hall–Kier alpha value is -3.42. The maximum Gasteiger partial charge on any atom is 0.254 e. The number of amides is 2. The summed E-state index contributed by atoms with van der Waals surface area (Å²) in [7, 11) is 0. The van der Waals surface area contributed by atoms with E-state index < -0.39 is 0 Å². The predicted molar refractivity (Wildman–Crippen MR) is 118 cm³/mol. The van der Waals surface area contributed by atoms with Gasteiger partial charge in [-0.2, -0.15) is 0 Å². The molecule has 2 fully saturated rings. The fourth-order valence-electron chi connectivity index (χ4n) is 6.02. The van der Waals surface area contributed by atoms with E-state index in [4.69, 9.17) is 18.9 Å². The van der Waals surface area contributed by atoms with Crippen LogP contribution < -0.4 is 18.9 Å². The quantitative estimate of drug-likeness (QED) is 0.700. The predicted octanol–water partition coefficient (Wildman–Crippen LogP) is 3.16.